The third-order valence-electron chi connectivity index (χ3n) is 13.7. The summed E-state index contributed by atoms with van der Waals surface area (Å²) in [5.41, 5.74) is 1.69. The molecule has 3 fully saturated rings. The number of pyridine rings is 1. The monoisotopic (exact) mass is 935 g/mol. The van der Waals surface area contributed by atoms with E-state index >= 15 is 8.78 Å². The number of halogens is 2. The van der Waals surface area contributed by atoms with Gasteiger partial charge in [-0.3, -0.25) is 4.90 Å². The van der Waals surface area contributed by atoms with Gasteiger partial charge < -0.3 is 43.1 Å². The molecular formula is C52H63F2N7O7. The van der Waals surface area contributed by atoms with Crippen LogP contribution in [-0.2, 0) is 22.6 Å². The van der Waals surface area contributed by atoms with Crippen molar-refractivity contribution in [3.8, 4) is 34.6 Å². The Balaban J connectivity index is 1.15. The Morgan fingerprint density at radius 1 is 0.868 bits per heavy atom. The molecule has 68 heavy (non-hydrogen) atoms. The number of aromatic nitrogens is 3. The Bertz CT molecular complexity index is 2560. The second-order valence-electron chi connectivity index (χ2n) is 19.3. The molecule has 0 saturated carbocycles. The van der Waals surface area contributed by atoms with Gasteiger partial charge >= 0.3 is 12.1 Å². The molecular weight excluding hydrogens is 873 g/mol. The first-order valence-electron chi connectivity index (χ1n) is 23.8. The fourth-order valence-electron chi connectivity index (χ4n) is 10.4. The smallest absolute Gasteiger partial charge is 0.410 e. The van der Waals surface area contributed by atoms with E-state index in [1.165, 1.54) is 0 Å². The van der Waals surface area contributed by atoms with Crippen LogP contribution in [0.4, 0.5) is 25.1 Å². The van der Waals surface area contributed by atoms with Gasteiger partial charge in [-0.25, -0.2) is 18.6 Å². The summed E-state index contributed by atoms with van der Waals surface area (Å²) >= 11 is 0. The van der Waals surface area contributed by atoms with Crippen molar-refractivity contribution in [3.05, 3.63) is 89.0 Å². The number of benzene rings is 3. The summed E-state index contributed by atoms with van der Waals surface area (Å²) < 4.78 is 71.4. The van der Waals surface area contributed by atoms with Gasteiger partial charge in [0, 0.05) is 57.0 Å². The van der Waals surface area contributed by atoms with E-state index in [9.17, 15) is 4.79 Å². The molecule has 0 N–H and O–H groups in total. The number of hydrogen-bond acceptors (Lipinski definition) is 13. The van der Waals surface area contributed by atoms with Gasteiger partial charge in [-0.2, -0.15) is 9.97 Å². The molecule has 1 amide bonds. The minimum atomic E-state index is -0.829. The highest BCUT2D eigenvalue weighted by molar-refractivity contribution is 5.97. The lowest BCUT2D eigenvalue weighted by Crippen LogP contribution is -2.65. The Labute approximate surface area is 397 Å². The normalized spacial score (nSPS) is 21.6. The molecule has 4 aliphatic rings. The van der Waals surface area contributed by atoms with E-state index in [1.807, 2.05) is 95.0 Å². The molecule has 9 rings (SSSR count). The quantitative estimate of drug-likeness (QED) is 0.118. The lowest BCUT2D eigenvalue weighted by Gasteiger charge is -2.48. The van der Waals surface area contributed by atoms with Crippen LogP contribution in [-0.4, -0.2) is 120 Å². The van der Waals surface area contributed by atoms with Crippen molar-refractivity contribution in [2.24, 2.45) is 0 Å². The van der Waals surface area contributed by atoms with Crippen LogP contribution in [0.3, 0.4) is 0 Å². The van der Waals surface area contributed by atoms with Gasteiger partial charge in [0.05, 0.1) is 38.6 Å². The highest BCUT2D eigenvalue weighted by Crippen LogP contribution is 2.45. The molecule has 16 heteroatoms. The van der Waals surface area contributed by atoms with E-state index in [-0.39, 0.29) is 51.8 Å². The minimum Gasteiger partial charge on any atom is -0.497 e. The third kappa shape index (κ3) is 9.54. The first kappa shape index (κ1) is 47.1. The number of aryl methyl sites for hydroxylation is 1. The van der Waals surface area contributed by atoms with Gasteiger partial charge in [0.25, 0.3) is 0 Å². The standard InChI is InChI=1S/C52H63F2N7O7/c1-9-40-47-32(3)67-49-42-46(56-50(66-30-36-15-14-35-20-24-65-25-23-59(35)36)57-48(42)61(47)22-21-60(40)51(62)68-52(4,5)6)44(54)45(55-49)39-26-31(2)27-41(43(39)53)58(28-33-10-16-37(63-7)17-11-33)29-34-12-18-38(64-8)19-13-34/h10-13,16-19,26-27,32,35-36,40,47H,9,14-15,20-25,28-30H2,1-8H3/t32-,35-,36-,40-,47+/m0/s1. The topological polar surface area (TPSA) is 124 Å². The Hall–Kier alpha value is -6.00. The van der Waals surface area contributed by atoms with Crippen molar-refractivity contribution in [1.82, 2.24) is 24.8 Å². The van der Waals surface area contributed by atoms with Crippen molar-refractivity contribution in [2.45, 2.75) is 116 Å². The maximum absolute atomic E-state index is 17.9. The molecule has 4 aliphatic heterocycles. The maximum Gasteiger partial charge on any atom is 0.410 e. The van der Waals surface area contributed by atoms with Crippen LogP contribution in [0.2, 0.25) is 0 Å². The van der Waals surface area contributed by atoms with E-state index in [2.05, 4.69) is 9.80 Å². The van der Waals surface area contributed by atoms with Crippen LogP contribution in [0, 0.1) is 18.6 Å². The molecule has 362 valence electrons. The Morgan fingerprint density at radius 2 is 1.56 bits per heavy atom. The van der Waals surface area contributed by atoms with Crippen LogP contribution in [0.15, 0.2) is 60.7 Å². The zero-order valence-corrected chi connectivity index (χ0v) is 40.4. The number of carbonyl (C=O) groups excluding carboxylic acids is 1. The van der Waals surface area contributed by atoms with Crippen LogP contribution in [0.1, 0.15) is 77.0 Å². The summed E-state index contributed by atoms with van der Waals surface area (Å²) in [7, 11) is 3.22. The van der Waals surface area contributed by atoms with Gasteiger partial charge in [0.1, 0.15) is 52.2 Å². The fraction of sp³-hybridized carbons (Fsp3) is 0.500. The maximum atomic E-state index is 17.9. The Morgan fingerprint density at radius 3 is 2.21 bits per heavy atom. The summed E-state index contributed by atoms with van der Waals surface area (Å²) in [6.07, 6.45) is 2.49. The lowest BCUT2D eigenvalue weighted by atomic mass is 9.94. The summed E-state index contributed by atoms with van der Waals surface area (Å²) in [5.74, 6) is 0.377. The number of anilines is 2. The van der Waals surface area contributed by atoms with E-state index in [4.69, 9.17) is 43.4 Å². The molecule has 14 nitrogen and oxygen atoms in total. The van der Waals surface area contributed by atoms with E-state index in [0.29, 0.717) is 74.7 Å². The predicted molar refractivity (Wildman–Crippen MR) is 256 cm³/mol. The van der Waals surface area contributed by atoms with Gasteiger partial charge in [-0.05, 0) is 113 Å². The summed E-state index contributed by atoms with van der Waals surface area (Å²) in [5, 5.41) is 0.257. The number of fused-ring (bicyclic) bond motifs is 3. The van der Waals surface area contributed by atoms with Crippen LogP contribution >= 0.6 is 0 Å². The Kier molecular flexibility index (Phi) is 13.5. The number of rotatable bonds is 12. The van der Waals surface area contributed by atoms with Crippen molar-refractivity contribution in [2.75, 3.05) is 63.5 Å². The molecule has 0 aliphatic carbocycles. The highest BCUT2D eigenvalue weighted by atomic mass is 19.1. The molecule has 3 saturated heterocycles. The lowest BCUT2D eigenvalue weighted by molar-refractivity contribution is 0.000912. The van der Waals surface area contributed by atoms with Gasteiger partial charge in [-0.1, -0.05) is 31.2 Å². The van der Waals surface area contributed by atoms with E-state index < -0.39 is 35.5 Å². The number of carbonyl (C=O) groups is 1. The second-order valence-corrected chi connectivity index (χ2v) is 19.3. The average molecular weight is 936 g/mol. The first-order valence-corrected chi connectivity index (χ1v) is 23.8. The molecule has 0 unspecified atom stereocenters. The van der Waals surface area contributed by atoms with Gasteiger partial charge in [-0.15, -0.1) is 0 Å². The zero-order chi connectivity index (χ0) is 47.9. The SMILES string of the molecule is CC[C@H]1[C@H]2[C@H](C)Oc3nc(-c4cc(C)cc(N(Cc5ccc(OC)cc5)Cc5ccc(OC)cc5)c4F)c(F)c4nc(OC[C@@H]5CC[C@H]6CCOCCN65)nc(c34)N2CCN1C(=O)OC(C)(C)C. The molecule has 0 spiro atoms. The van der Waals surface area contributed by atoms with Crippen molar-refractivity contribution in [3.63, 3.8) is 0 Å². The molecule has 5 atom stereocenters. The number of methoxy groups -OCH3 is 2. The summed E-state index contributed by atoms with van der Waals surface area (Å²) in [4.78, 5) is 36.7. The fourth-order valence-corrected chi connectivity index (χ4v) is 10.4. The molecule has 0 bridgehead atoms. The van der Waals surface area contributed by atoms with Crippen LogP contribution < -0.4 is 28.7 Å². The molecule has 0 radical (unpaired) electrons. The molecule has 3 aromatic carbocycles. The van der Waals surface area contributed by atoms with Gasteiger partial charge in [0.15, 0.2) is 11.6 Å². The largest absolute Gasteiger partial charge is 0.497 e. The number of amides is 1. The first-order chi connectivity index (χ1) is 32.7. The van der Waals surface area contributed by atoms with E-state index in [1.54, 1.807) is 31.3 Å². The number of nitrogens with zero attached hydrogens (tertiary/aromatic N) is 7. The average Bonchev–Trinajstić information content (AvgIpc) is 3.48. The van der Waals surface area contributed by atoms with Crippen LogP contribution in [0.25, 0.3) is 22.2 Å². The van der Waals surface area contributed by atoms with Crippen LogP contribution in [0.5, 0.6) is 23.4 Å². The third-order valence-corrected chi connectivity index (χ3v) is 13.7. The minimum absolute atomic E-state index is 0.00416. The molecule has 2 aromatic heterocycles. The molecule has 6 heterocycles. The highest BCUT2D eigenvalue weighted by Gasteiger charge is 2.47. The number of hydrogen-bond donors (Lipinski definition) is 0. The zero-order valence-electron chi connectivity index (χ0n) is 40.4. The van der Waals surface area contributed by atoms with Crippen molar-refractivity contribution >= 4 is 28.5 Å². The number of piperazine rings is 1. The van der Waals surface area contributed by atoms with Gasteiger partial charge in [0.2, 0.25) is 5.88 Å². The second kappa shape index (κ2) is 19.5. The van der Waals surface area contributed by atoms with Crippen molar-refractivity contribution < 1.29 is 42.0 Å². The summed E-state index contributed by atoms with van der Waals surface area (Å²) in [6, 6.07) is 18.3. The van der Waals surface area contributed by atoms with E-state index in [0.717, 1.165) is 43.5 Å². The molecule has 5 aromatic rings. The predicted octanol–water partition coefficient (Wildman–Crippen LogP) is 9.12. The van der Waals surface area contributed by atoms with Crippen molar-refractivity contribution in [1.29, 1.82) is 0 Å². The summed E-state index contributed by atoms with van der Waals surface area (Å²) in [6.45, 7) is 15.1. The number of ether oxygens (including phenoxy) is 6.